The van der Waals surface area contributed by atoms with Crippen LogP contribution in [0.1, 0.15) is 22.3 Å². The van der Waals surface area contributed by atoms with Crippen LogP contribution in [-0.2, 0) is 40.3 Å². The van der Waals surface area contributed by atoms with E-state index < -0.39 is 18.3 Å². The summed E-state index contributed by atoms with van der Waals surface area (Å²) in [5, 5.41) is 5.59. The number of alkyl carbamates (subject to hydrolysis) is 1. The highest BCUT2D eigenvalue weighted by Crippen LogP contribution is 2.15. The summed E-state index contributed by atoms with van der Waals surface area (Å²) < 4.78 is 15.7. The average Bonchev–Trinajstić information content (AvgIpc) is 3.01. The Labute approximate surface area is 239 Å². The van der Waals surface area contributed by atoms with Crippen LogP contribution in [0.3, 0.4) is 0 Å². The number of amides is 2. The molecule has 1 atom stereocenters. The van der Waals surface area contributed by atoms with Gasteiger partial charge in [-0.1, -0.05) is 103 Å². The minimum Gasteiger partial charge on any atom is -0.445 e. The Bertz CT molecular complexity index is 1380. The van der Waals surface area contributed by atoms with Gasteiger partial charge in [-0.2, -0.15) is 0 Å². The highest BCUT2D eigenvalue weighted by Gasteiger charge is 2.22. The maximum Gasteiger partial charge on any atom is 0.514 e. The lowest BCUT2D eigenvalue weighted by molar-refractivity contribution is -0.123. The maximum absolute atomic E-state index is 13.1. The van der Waals surface area contributed by atoms with Crippen LogP contribution in [0.2, 0.25) is 0 Å². The first kappa shape index (κ1) is 28.9. The van der Waals surface area contributed by atoms with Gasteiger partial charge in [-0.05, 0) is 40.8 Å². The molecule has 4 aromatic carbocycles. The van der Waals surface area contributed by atoms with Crippen LogP contribution in [0.15, 0.2) is 115 Å². The Morgan fingerprint density at radius 3 is 1.73 bits per heavy atom. The molecule has 0 aliphatic rings. The van der Waals surface area contributed by atoms with E-state index in [2.05, 4.69) is 10.6 Å². The van der Waals surface area contributed by atoms with Crippen molar-refractivity contribution in [1.82, 2.24) is 10.6 Å². The molecule has 8 nitrogen and oxygen atoms in total. The summed E-state index contributed by atoms with van der Waals surface area (Å²) in [5.74, 6) is -0.0340. The first-order valence-corrected chi connectivity index (χ1v) is 13.3. The number of hydrogen-bond donors (Lipinski definition) is 2. The zero-order valence-electron chi connectivity index (χ0n) is 22.5. The van der Waals surface area contributed by atoms with E-state index >= 15 is 0 Å². The second kappa shape index (κ2) is 15.5. The molecular weight excluding hydrogens is 520 g/mol. The molecule has 2 N–H and O–H groups in total. The molecule has 4 aromatic rings. The summed E-state index contributed by atoms with van der Waals surface area (Å²) in [6, 6.07) is 34.2. The van der Waals surface area contributed by atoms with Crippen molar-refractivity contribution >= 4 is 18.2 Å². The molecule has 0 radical (unpaired) electrons. The van der Waals surface area contributed by atoms with Crippen molar-refractivity contribution in [2.24, 2.45) is 0 Å². The van der Waals surface area contributed by atoms with Gasteiger partial charge in [0.25, 0.3) is 0 Å². The molecule has 0 bridgehead atoms. The van der Waals surface area contributed by atoms with E-state index in [1.807, 2.05) is 91.0 Å². The molecule has 0 aliphatic carbocycles. The van der Waals surface area contributed by atoms with Gasteiger partial charge < -0.3 is 24.8 Å². The minimum atomic E-state index is -0.878. The van der Waals surface area contributed by atoms with Gasteiger partial charge in [-0.15, -0.1) is 0 Å². The van der Waals surface area contributed by atoms with Crippen LogP contribution < -0.4 is 15.4 Å². The highest BCUT2D eigenvalue weighted by atomic mass is 16.7. The van der Waals surface area contributed by atoms with E-state index in [1.54, 1.807) is 24.3 Å². The molecule has 8 heteroatoms. The van der Waals surface area contributed by atoms with Gasteiger partial charge in [0.1, 0.15) is 25.0 Å². The normalized spacial score (nSPS) is 11.1. The van der Waals surface area contributed by atoms with Crippen molar-refractivity contribution in [3.8, 4) is 5.75 Å². The van der Waals surface area contributed by atoms with Crippen LogP contribution >= 0.6 is 0 Å². The van der Waals surface area contributed by atoms with Crippen LogP contribution in [0.4, 0.5) is 9.59 Å². The maximum atomic E-state index is 13.1. The predicted molar refractivity (Wildman–Crippen MR) is 154 cm³/mol. The molecule has 0 heterocycles. The first-order chi connectivity index (χ1) is 20.0. The molecule has 41 heavy (non-hydrogen) atoms. The predicted octanol–water partition coefficient (Wildman–Crippen LogP) is 5.60. The zero-order valence-corrected chi connectivity index (χ0v) is 22.5. The number of carbonyl (C=O) groups is 3. The number of nitrogens with one attached hydrogen (secondary N) is 2. The molecule has 0 saturated carbocycles. The van der Waals surface area contributed by atoms with Crippen molar-refractivity contribution in [3.05, 3.63) is 138 Å². The Morgan fingerprint density at radius 2 is 1.15 bits per heavy atom. The standard InChI is InChI=1S/C33H32N2O6/c36-31(34-21-20-25-10-4-1-5-11-25)30(35-32(37)39-23-27-12-6-2-7-13-27)22-26-16-18-29(19-17-26)41-33(38)40-24-28-14-8-3-9-15-28/h1-19,30H,20-24H2,(H,34,36)(H,35,37)/t30-/m1/s1. The summed E-state index contributed by atoms with van der Waals surface area (Å²) in [6.07, 6.45) is -0.654. The molecule has 4 rings (SSSR count). The molecule has 0 saturated heterocycles. The minimum absolute atomic E-state index is 0.0847. The molecule has 0 fully saturated rings. The molecule has 0 unspecified atom stereocenters. The van der Waals surface area contributed by atoms with Crippen molar-refractivity contribution in [2.75, 3.05) is 6.54 Å². The van der Waals surface area contributed by atoms with Crippen molar-refractivity contribution < 1.29 is 28.6 Å². The van der Waals surface area contributed by atoms with Gasteiger partial charge >= 0.3 is 12.2 Å². The van der Waals surface area contributed by atoms with E-state index in [4.69, 9.17) is 14.2 Å². The summed E-state index contributed by atoms with van der Waals surface area (Å²) in [6.45, 7) is 0.601. The lowest BCUT2D eigenvalue weighted by Crippen LogP contribution is -2.48. The largest absolute Gasteiger partial charge is 0.514 e. The van der Waals surface area contributed by atoms with Crippen molar-refractivity contribution in [3.63, 3.8) is 0 Å². The fraction of sp³-hybridized carbons (Fsp3) is 0.182. The monoisotopic (exact) mass is 552 g/mol. The highest BCUT2D eigenvalue weighted by molar-refractivity contribution is 5.86. The Hall–Kier alpha value is -5.11. The molecule has 210 valence electrons. The number of rotatable bonds is 12. The fourth-order valence-electron chi connectivity index (χ4n) is 3.99. The van der Waals surface area contributed by atoms with Crippen LogP contribution in [0.25, 0.3) is 0 Å². The van der Waals surface area contributed by atoms with Gasteiger partial charge in [0, 0.05) is 13.0 Å². The summed E-state index contributed by atoms with van der Waals surface area (Å²) in [4.78, 5) is 37.7. The summed E-state index contributed by atoms with van der Waals surface area (Å²) >= 11 is 0. The molecule has 0 aromatic heterocycles. The lowest BCUT2D eigenvalue weighted by atomic mass is 10.0. The van der Waals surface area contributed by atoms with E-state index in [0.29, 0.717) is 18.7 Å². The van der Waals surface area contributed by atoms with Crippen molar-refractivity contribution in [2.45, 2.75) is 32.1 Å². The van der Waals surface area contributed by atoms with Crippen molar-refractivity contribution in [1.29, 1.82) is 0 Å². The molecule has 2 amide bonds. The summed E-state index contributed by atoms with van der Waals surface area (Å²) in [5.41, 5.74) is 3.53. The van der Waals surface area contributed by atoms with Crippen LogP contribution in [0, 0.1) is 0 Å². The summed E-state index contributed by atoms with van der Waals surface area (Å²) in [7, 11) is 0. The third-order valence-electron chi connectivity index (χ3n) is 6.14. The zero-order chi connectivity index (χ0) is 28.7. The SMILES string of the molecule is O=C(N[C@H](Cc1ccc(OC(=O)OCc2ccccc2)cc1)C(=O)NCCc1ccccc1)OCc1ccccc1. The lowest BCUT2D eigenvalue weighted by Gasteiger charge is -2.19. The van der Waals surface area contributed by atoms with Gasteiger partial charge in [0.2, 0.25) is 5.91 Å². The molecular formula is C33H32N2O6. The topological polar surface area (TPSA) is 103 Å². The van der Waals surface area contributed by atoms with Gasteiger partial charge in [-0.3, -0.25) is 4.79 Å². The smallest absolute Gasteiger partial charge is 0.445 e. The molecule has 0 spiro atoms. The first-order valence-electron chi connectivity index (χ1n) is 13.3. The Morgan fingerprint density at radius 1 is 0.610 bits per heavy atom. The Balaban J connectivity index is 1.32. The Kier molecular flexibility index (Phi) is 10.9. The third kappa shape index (κ3) is 10.2. The third-order valence-corrected chi connectivity index (χ3v) is 6.14. The fourth-order valence-corrected chi connectivity index (χ4v) is 3.99. The average molecular weight is 553 g/mol. The van der Waals surface area contributed by atoms with Gasteiger partial charge in [0.05, 0.1) is 0 Å². The second-order valence-corrected chi connectivity index (χ2v) is 9.26. The van der Waals surface area contributed by atoms with Crippen LogP contribution in [0.5, 0.6) is 5.75 Å². The van der Waals surface area contributed by atoms with E-state index in [1.165, 1.54) is 0 Å². The number of carbonyl (C=O) groups excluding carboxylic acids is 3. The number of hydrogen-bond acceptors (Lipinski definition) is 6. The van der Waals surface area contributed by atoms with E-state index in [0.717, 1.165) is 22.3 Å². The molecule has 0 aliphatic heterocycles. The van der Waals surface area contributed by atoms with E-state index in [9.17, 15) is 14.4 Å². The van der Waals surface area contributed by atoms with E-state index in [-0.39, 0.29) is 25.5 Å². The van der Waals surface area contributed by atoms with Crippen LogP contribution in [-0.4, -0.2) is 30.7 Å². The number of benzene rings is 4. The van der Waals surface area contributed by atoms with Gasteiger partial charge in [0.15, 0.2) is 0 Å². The van der Waals surface area contributed by atoms with Gasteiger partial charge in [-0.25, -0.2) is 9.59 Å². The number of ether oxygens (including phenoxy) is 3. The quantitative estimate of drug-likeness (QED) is 0.175. The second-order valence-electron chi connectivity index (χ2n) is 9.26.